The Hall–Kier alpha value is -2.76. The van der Waals surface area contributed by atoms with Crippen LogP contribution >= 0.6 is 0 Å². The molecule has 2 aromatic heterocycles. The highest BCUT2D eigenvalue weighted by molar-refractivity contribution is 5.81. The molecule has 0 radical (unpaired) electrons. The van der Waals surface area contributed by atoms with Crippen molar-refractivity contribution in [1.82, 2.24) is 14.5 Å². The summed E-state index contributed by atoms with van der Waals surface area (Å²) >= 11 is 0. The van der Waals surface area contributed by atoms with E-state index in [4.69, 9.17) is 4.74 Å². The normalized spacial score (nSPS) is 13.6. The molecule has 1 aliphatic heterocycles. The highest BCUT2D eigenvalue weighted by atomic mass is 19.1. The van der Waals surface area contributed by atoms with Gasteiger partial charge in [0.05, 0.1) is 29.2 Å². The molecule has 0 amide bonds. The highest BCUT2D eigenvalue weighted by Gasteiger charge is 2.24. The minimum absolute atomic E-state index is 0.179. The van der Waals surface area contributed by atoms with E-state index in [2.05, 4.69) is 9.97 Å². The molecule has 0 bridgehead atoms. The average Bonchev–Trinajstić information content (AvgIpc) is 2.59. The second-order valence-electron chi connectivity index (χ2n) is 5.94. The first-order chi connectivity index (χ1) is 11.6. The van der Waals surface area contributed by atoms with Gasteiger partial charge in [-0.25, -0.2) is 14.4 Å². The van der Waals surface area contributed by atoms with Crippen molar-refractivity contribution in [3.05, 3.63) is 57.4 Å². The lowest BCUT2D eigenvalue weighted by Crippen LogP contribution is -2.28. The lowest BCUT2D eigenvalue weighted by atomic mass is 10.1. The molecule has 0 saturated heterocycles. The number of hydrogen-bond acceptors (Lipinski definition) is 4. The quantitative estimate of drug-likeness (QED) is 0.690. The maximum Gasteiger partial charge on any atom is 0.263 e. The van der Waals surface area contributed by atoms with E-state index in [0.717, 1.165) is 17.8 Å². The fraction of sp³-hybridized carbons (Fsp3) is 0.278. The van der Waals surface area contributed by atoms with E-state index in [1.54, 1.807) is 12.1 Å². The van der Waals surface area contributed by atoms with Crippen LogP contribution < -0.4 is 10.3 Å². The lowest BCUT2D eigenvalue weighted by molar-refractivity contribution is 0.289. The molecule has 0 atom stereocenters. The van der Waals surface area contributed by atoms with Gasteiger partial charge in [0, 0.05) is 0 Å². The van der Waals surface area contributed by atoms with Gasteiger partial charge in [0.1, 0.15) is 11.3 Å². The number of halogens is 1. The monoisotopic (exact) mass is 325 g/mol. The third-order valence-electron chi connectivity index (χ3n) is 4.35. The summed E-state index contributed by atoms with van der Waals surface area (Å²) in [5.74, 6) is 0.186. The Kier molecular flexibility index (Phi) is 3.33. The smallest absolute Gasteiger partial charge is 0.263 e. The van der Waals surface area contributed by atoms with Gasteiger partial charge in [0.15, 0.2) is 11.4 Å². The molecule has 122 valence electrons. The Morgan fingerprint density at radius 1 is 1.12 bits per heavy atom. The van der Waals surface area contributed by atoms with Crippen molar-refractivity contribution >= 4 is 11.2 Å². The summed E-state index contributed by atoms with van der Waals surface area (Å²) in [5, 5.41) is 0. The van der Waals surface area contributed by atoms with E-state index >= 15 is 0 Å². The maximum atomic E-state index is 13.3. The molecule has 4 rings (SSSR count). The molecule has 0 saturated carbocycles. The van der Waals surface area contributed by atoms with Crippen LogP contribution in [-0.4, -0.2) is 21.1 Å². The number of aromatic nitrogens is 3. The summed E-state index contributed by atoms with van der Waals surface area (Å²) in [4.78, 5) is 22.2. The zero-order chi connectivity index (χ0) is 16.8. The number of pyridine rings is 1. The zero-order valence-electron chi connectivity index (χ0n) is 13.5. The van der Waals surface area contributed by atoms with E-state index in [9.17, 15) is 9.18 Å². The Bertz CT molecular complexity index is 1010. The predicted octanol–water partition coefficient (Wildman–Crippen LogP) is 2.86. The van der Waals surface area contributed by atoms with Crippen molar-refractivity contribution in [3.8, 4) is 11.4 Å². The van der Waals surface area contributed by atoms with E-state index in [0.29, 0.717) is 41.2 Å². The zero-order valence-corrected chi connectivity index (χ0v) is 13.5. The fourth-order valence-corrected chi connectivity index (χ4v) is 3.00. The number of fused-ring (bicyclic) bond motifs is 3. The van der Waals surface area contributed by atoms with Crippen LogP contribution in [0, 0.1) is 19.7 Å². The molecule has 1 aromatic carbocycles. The molecule has 0 unspecified atom stereocenters. The van der Waals surface area contributed by atoms with Gasteiger partial charge < -0.3 is 4.74 Å². The van der Waals surface area contributed by atoms with Crippen LogP contribution in [0.5, 0.6) is 5.75 Å². The van der Waals surface area contributed by atoms with Crippen molar-refractivity contribution in [1.29, 1.82) is 0 Å². The van der Waals surface area contributed by atoms with Gasteiger partial charge in [0.25, 0.3) is 5.56 Å². The number of ether oxygens (including phenoxy) is 1. The van der Waals surface area contributed by atoms with Crippen LogP contribution in [-0.2, 0) is 6.42 Å². The molecule has 24 heavy (non-hydrogen) atoms. The molecule has 6 heteroatoms. The van der Waals surface area contributed by atoms with E-state index in [1.165, 1.54) is 16.7 Å². The second kappa shape index (κ2) is 5.40. The molecule has 5 nitrogen and oxygen atoms in total. The molecular formula is C18H16FN3O2. The molecule has 0 aliphatic carbocycles. The molecular weight excluding hydrogens is 309 g/mol. The molecule has 1 aliphatic rings. The van der Waals surface area contributed by atoms with Crippen LogP contribution in [0.1, 0.15) is 23.4 Å². The SMILES string of the molecule is Cc1nc2c3c(c(=O)n(-c4ccc(F)cc4)c2nc1C)CCCO3. The van der Waals surface area contributed by atoms with Gasteiger partial charge in [-0.1, -0.05) is 0 Å². The maximum absolute atomic E-state index is 13.3. The summed E-state index contributed by atoms with van der Waals surface area (Å²) in [6.45, 7) is 4.29. The van der Waals surface area contributed by atoms with Crippen molar-refractivity contribution in [2.75, 3.05) is 6.61 Å². The molecule has 3 aromatic rings. The Balaban J connectivity index is 2.15. The molecule has 0 fully saturated rings. The third kappa shape index (κ3) is 2.18. The third-order valence-corrected chi connectivity index (χ3v) is 4.35. The average molecular weight is 325 g/mol. The number of benzene rings is 1. The van der Waals surface area contributed by atoms with Crippen molar-refractivity contribution in [2.45, 2.75) is 26.7 Å². The largest absolute Gasteiger partial charge is 0.491 e. The summed E-state index contributed by atoms with van der Waals surface area (Å²) < 4.78 is 20.5. The first-order valence-corrected chi connectivity index (χ1v) is 7.88. The highest BCUT2D eigenvalue weighted by Crippen LogP contribution is 2.30. The fourth-order valence-electron chi connectivity index (χ4n) is 3.00. The summed E-state index contributed by atoms with van der Waals surface area (Å²) in [7, 11) is 0. The topological polar surface area (TPSA) is 57.0 Å². The van der Waals surface area contributed by atoms with Gasteiger partial charge in [-0.15, -0.1) is 0 Å². The van der Waals surface area contributed by atoms with Crippen LogP contribution in [0.25, 0.3) is 16.9 Å². The van der Waals surface area contributed by atoms with Crippen LogP contribution in [0.15, 0.2) is 29.1 Å². The lowest BCUT2D eigenvalue weighted by Gasteiger charge is -2.21. The van der Waals surface area contributed by atoms with Crippen LogP contribution in [0.4, 0.5) is 4.39 Å². The summed E-state index contributed by atoms with van der Waals surface area (Å²) in [6.07, 6.45) is 1.43. The van der Waals surface area contributed by atoms with E-state index in [-0.39, 0.29) is 11.4 Å². The second-order valence-corrected chi connectivity index (χ2v) is 5.94. The Labute approximate surface area is 137 Å². The minimum Gasteiger partial charge on any atom is -0.491 e. The first kappa shape index (κ1) is 14.8. The van der Waals surface area contributed by atoms with Crippen LogP contribution in [0.3, 0.4) is 0 Å². The van der Waals surface area contributed by atoms with E-state index in [1.807, 2.05) is 13.8 Å². The number of hydrogen-bond donors (Lipinski definition) is 0. The standard InChI is InChI=1S/C18H16FN3O2/c1-10-11(2)21-17-15(20-10)16-14(4-3-9-24-16)18(23)22(17)13-7-5-12(19)6-8-13/h5-8H,3-4,9H2,1-2H3. The van der Waals surface area contributed by atoms with Crippen molar-refractivity contribution < 1.29 is 9.13 Å². The minimum atomic E-state index is -0.351. The van der Waals surface area contributed by atoms with Gasteiger partial charge in [-0.3, -0.25) is 9.36 Å². The van der Waals surface area contributed by atoms with Gasteiger partial charge >= 0.3 is 0 Å². The van der Waals surface area contributed by atoms with Gasteiger partial charge in [0.2, 0.25) is 0 Å². The summed E-state index contributed by atoms with van der Waals surface area (Å²) in [5.41, 5.74) is 3.55. The predicted molar refractivity (Wildman–Crippen MR) is 88.4 cm³/mol. The molecule has 3 heterocycles. The van der Waals surface area contributed by atoms with E-state index < -0.39 is 0 Å². The number of nitrogens with zero attached hydrogens (tertiary/aromatic N) is 3. The van der Waals surface area contributed by atoms with Gasteiger partial charge in [-0.05, 0) is 51.0 Å². The Morgan fingerprint density at radius 2 is 1.83 bits per heavy atom. The van der Waals surface area contributed by atoms with Crippen LogP contribution in [0.2, 0.25) is 0 Å². The molecule has 0 spiro atoms. The number of rotatable bonds is 1. The summed E-state index contributed by atoms with van der Waals surface area (Å²) in [6, 6.07) is 5.81. The van der Waals surface area contributed by atoms with Gasteiger partial charge in [-0.2, -0.15) is 0 Å². The molecule has 0 N–H and O–H groups in total. The van der Waals surface area contributed by atoms with Crippen molar-refractivity contribution in [3.63, 3.8) is 0 Å². The number of aryl methyl sites for hydroxylation is 2. The Morgan fingerprint density at radius 3 is 2.58 bits per heavy atom. The van der Waals surface area contributed by atoms with Crippen molar-refractivity contribution in [2.24, 2.45) is 0 Å². The first-order valence-electron chi connectivity index (χ1n) is 7.88.